The number of alkyl carbamates (subject to hydrolysis) is 1. The van der Waals surface area contributed by atoms with Gasteiger partial charge in [-0.3, -0.25) is 20.2 Å². The molecule has 0 radical (unpaired) electrons. The van der Waals surface area contributed by atoms with Gasteiger partial charge < -0.3 is 9.47 Å². The molecule has 2 amide bonds. The van der Waals surface area contributed by atoms with Crippen molar-refractivity contribution in [1.29, 1.82) is 0 Å². The quantitative estimate of drug-likeness (QED) is 0.663. The van der Waals surface area contributed by atoms with Gasteiger partial charge in [-0.2, -0.15) is 0 Å². The normalized spacial score (nSPS) is 11.3. The maximum atomic E-state index is 11.5. The highest BCUT2D eigenvalue weighted by Gasteiger charge is 2.19. The Morgan fingerprint density at radius 3 is 2.55 bits per heavy atom. The molecular formula is C12H14N2O6. The second kappa shape index (κ2) is 6.50. The van der Waals surface area contributed by atoms with Gasteiger partial charge in [-0.25, -0.2) is 4.79 Å². The number of nitrogens with zero attached hydrogens (tertiary/aromatic N) is 1. The van der Waals surface area contributed by atoms with E-state index in [9.17, 15) is 19.7 Å². The summed E-state index contributed by atoms with van der Waals surface area (Å²) in [5, 5.41) is 12.6. The number of ether oxygens (including phenoxy) is 2. The first-order chi connectivity index (χ1) is 9.35. The number of carbonyl (C=O) groups is 2. The number of hydrogen-bond acceptors (Lipinski definition) is 6. The zero-order valence-corrected chi connectivity index (χ0v) is 11.2. The van der Waals surface area contributed by atoms with E-state index in [4.69, 9.17) is 4.74 Å². The second-order valence-corrected chi connectivity index (χ2v) is 3.95. The molecule has 0 unspecified atom stereocenters. The molecule has 1 aromatic rings. The first kappa shape index (κ1) is 15.4. The predicted molar refractivity (Wildman–Crippen MR) is 68.5 cm³/mol. The van der Waals surface area contributed by atoms with Crippen molar-refractivity contribution in [3.05, 3.63) is 33.9 Å². The second-order valence-electron chi connectivity index (χ2n) is 3.95. The Hall–Kier alpha value is -2.64. The molecule has 0 aliphatic carbocycles. The highest BCUT2D eigenvalue weighted by Crippen LogP contribution is 2.23. The van der Waals surface area contributed by atoms with Crippen LogP contribution in [0.25, 0.3) is 0 Å². The zero-order chi connectivity index (χ0) is 15.3. The molecule has 20 heavy (non-hydrogen) atoms. The smallest absolute Gasteiger partial charge is 0.413 e. The van der Waals surface area contributed by atoms with Crippen LogP contribution in [0.3, 0.4) is 0 Å². The molecule has 1 N–H and O–H groups in total. The van der Waals surface area contributed by atoms with Gasteiger partial charge in [0, 0.05) is 11.6 Å². The van der Waals surface area contributed by atoms with Crippen LogP contribution in [0, 0.1) is 17.0 Å². The van der Waals surface area contributed by atoms with Crippen LogP contribution in [0.5, 0.6) is 5.75 Å². The van der Waals surface area contributed by atoms with Gasteiger partial charge in [-0.05, 0) is 26.0 Å². The minimum absolute atomic E-state index is 0.0379. The van der Waals surface area contributed by atoms with Crippen molar-refractivity contribution in [3.8, 4) is 5.75 Å². The van der Waals surface area contributed by atoms with Crippen molar-refractivity contribution >= 4 is 17.7 Å². The Morgan fingerprint density at radius 1 is 1.40 bits per heavy atom. The lowest BCUT2D eigenvalue weighted by molar-refractivity contribution is -0.385. The summed E-state index contributed by atoms with van der Waals surface area (Å²) in [4.78, 5) is 32.6. The maximum absolute atomic E-state index is 11.5. The minimum Gasteiger partial charge on any atom is -0.481 e. The third-order valence-corrected chi connectivity index (χ3v) is 2.46. The van der Waals surface area contributed by atoms with E-state index in [-0.39, 0.29) is 5.69 Å². The lowest BCUT2D eigenvalue weighted by Crippen LogP contribution is -2.39. The molecule has 0 aliphatic heterocycles. The highest BCUT2D eigenvalue weighted by molar-refractivity contribution is 5.94. The number of nitro groups is 1. The van der Waals surface area contributed by atoms with Crippen LogP contribution in [0.1, 0.15) is 12.5 Å². The van der Waals surface area contributed by atoms with Gasteiger partial charge in [-0.1, -0.05) is 0 Å². The summed E-state index contributed by atoms with van der Waals surface area (Å²) in [5.74, 6) is -0.381. The summed E-state index contributed by atoms with van der Waals surface area (Å²) < 4.78 is 9.58. The molecule has 0 bridgehead atoms. The summed E-state index contributed by atoms with van der Waals surface area (Å²) in [6.45, 7) is 3.00. The fraction of sp³-hybridized carbons (Fsp3) is 0.333. The molecule has 0 aromatic heterocycles. The molecule has 0 saturated heterocycles. The van der Waals surface area contributed by atoms with Crippen molar-refractivity contribution in [3.63, 3.8) is 0 Å². The van der Waals surface area contributed by atoms with Gasteiger partial charge in [-0.15, -0.1) is 0 Å². The van der Waals surface area contributed by atoms with E-state index in [0.29, 0.717) is 11.3 Å². The molecule has 108 valence electrons. The maximum Gasteiger partial charge on any atom is 0.413 e. The Bertz CT molecular complexity index is 543. The molecule has 1 aromatic carbocycles. The summed E-state index contributed by atoms with van der Waals surface area (Å²) in [6.07, 6.45) is -1.83. The third kappa shape index (κ3) is 3.94. The standard InChI is InChI=1S/C12H14N2O6/c1-7-6-9(4-5-10(7)14(17)18)20-8(2)11(15)13-12(16)19-3/h4-6,8H,1-3H3,(H,13,15,16)/t8-/m1/s1. The number of carbonyl (C=O) groups excluding carboxylic acids is 2. The van der Waals surface area contributed by atoms with Gasteiger partial charge in [0.1, 0.15) is 5.75 Å². The van der Waals surface area contributed by atoms with E-state index in [0.717, 1.165) is 7.11 Å². The Balaban J connectivity index is 2.73. The molecule has 0 fully saturated rings. The van der Waals surface area contributed by atoms with Crippen LogP contribution in [-0.2, 0) is 9.53 Å². The summed E-state index contributed by atoms with van der Waals surface area (Å²) in [5.41, 5.74) is 0.372. The van der Waals surface area contributed by atoms with Gasteiger partial charge >= 0.3 is 6.09 Å². The van der Waals surface area contributed by atoms with Crippen molar-refractivity contribution in [2.75, 3.05) is 7.11 Å². The SMILES string of the molecule is COC(=O)NC(=O)[C@@H](C)Oc1ccc([N+](=O)[O-])c(C)c1. The van der Waals surface area contributed by atoms with Crippen LogP contribution in [0.4, 0.5) is 10.5 Å². The van der Waals surface area contributed by atoms with Crippen molar-refractivity contribution < 1.29 is 24.0 Å². The first-order valence-electron chi connectivity index (χ1n) is 5.65. The molecule has 1 atom stereocenters. The lowest BCUT2D eigenvalue weighted by Gasteiger charge is -2.14. The monoisotopic (exact) mass is 282 g/mol. The van der Waals surface area contributed by atoms with Crippen LogP contribution in [0.15, 0.2) is 18.2 Å². The average Bonchev–Trinajstić information content (AvgIpc) is 2.37. The summed E-state index contributed by atoms with van der Waals surface area (Å²) >= 11 is 0. The molecule has 8 nitrogen and oxygen atoms in total. The van der Waals surface area contributed by atoms with Crippen LogP contribution < -0.4 is 10.1 Å². The van der Waals surface area contributed by atoms with Crippen molar-refractivity contribution in [1.82, 2.24) is 5.32 Å². The number of nitro benzene ring substituents is 1. The number of imide groups is 1. The topological polar surface area (TPSA) is 108 Å². The van der Waals surface area contributed by atoms with Gasteiger partial charge in [0.15, 0.2) is 6.10 Å². The number of methoxy groups -OCH3 is 1. The number of benzene rings is 1. The van der Waals surface area contributed by atoms with Crippen molar-refractivity contribution in [2.45, 2.75) is 20.0 Å². The fourth-order valence-corrected chi connectivity index (χ4v) is 1.42. The average molecular weight is 282 g/mol. The molecule has 0 saturated carbocycles. The number of hydrogen-bond donors (Lipinski definition) is 1. The summed E-state index contributed by atoms with van der Waals surface area (Å²) in [7, 11) is 1.13. The van der Waals surface area contributed by atoms with E-state index >= 15 is 0 Å². The number of nitrogens with one attached hydrogen (secondary N) is 1. The fourth-order valence-electron chi connectivity index (χ4n) is 1.42. The van der Waals surface area contributed by atoms with E-state index in [1.165, 1.54) is 25.1 Å². The van der Waals surface area contributed by atoms with Crippen LogP contribution in [-0.4, -0.2) is 30.1 Å². The summed E-state index contributed by atoms with van der Waals surface area (Å²) in [6, 6.07) is 4.11. The Kier molecular flexibility index (Phi) is 5.01. The highest BCUT2D eigenvalue weighted by atomic mass is 16.6. The van der Waals surface area contributed by atoms with E-state index < -0.39 is 23.0 Å². The van der Waals surface area contributed by atoms with Crippen LogP contribution in [0.2, 0.25) is 0 Å². The van der Waals surface area contributed by atoms with Gasteiger partial charge in [0.2, 0.25) is 0 Å². The van der Waals surface area contributed by atoms with E-state index in [1.807, 2.05) is 5.32 Å². The first-order valence-corrected chi connectivity index (χ1v) is 5.65. The largest absolute Gasteiger partial charge is 0.481 e. The van der Waals surface area contributed by atoms with Crippen molar-refractivity contribution in [2.24, 2.45) is 0 Å². The molecule has 8 heteroatoms. The molecule has 1 rings (SSSR count). The minimum atomic E-state index is -0.949. The van der Waals surface area contributed by atoms with Gasteiger partial charge in [0.25, 0.3) is 11.6 Å². The Morgan fingerprint density at radius 2 is 2.05 bits per heavy atom. The molecule has 0 aliphatic rings. The van der Waals surface area contributed by atoms with E-state index in [1.54, 1.807) is 6.92 Å². The molecule has 0 spiro atoms. The predicted octanol–water partition coefficient (Wildman–Crippen LogP) is 1.55. The van der Waals surface area contributed by atoms with Crippen LogP contribution >= 0.6 is 0 Å². The zero-order valence-electron chi connectivity index (χ0n) is 11.2. The lowest BCUT2D eigenvalue weighted by atomic mass is 10.2. The Labute approximate surface area is 114 Å². The third-order valence-electron chi connectivity index (χ3n) is 2.46. The number of rotatable bonds is 4. The molecule has 0 heterocycles. The molecular weight excluding hydrogens is 268 g/mol. The van der Waals surface area contributed by atoms with Gasteiger partial charge in [0.05, 0.1) is 12.0 Å². The number of aryl methyl sites for hydroxylation is 1. The van der Waals surface area contributed by atoms with E-state index in [2.05, 4.69) is 4.74 Å². The number of amides is 2.